The first-order chi connectivity index (χ1) is 28.2. The van der Waals surface area contributed by atoms with Crippen molar-refractivity contribution < 1.29 is 0 Å². The Morgan fingerprint density at radius 1 is 0.333 bits per heavy atom. The fourth-order valence-corrected chi connectivity index (χ4v) is 7.71. The van der Waals surface area contributed by atoms with Crippen LogP contribution in [0.4, 0.5) is 0 Å². The molecule has 8 aromatic carbocycles. The van der Waals surface area contributed by atoms with Crippen molar-refractivity contribution in [2.75, 3.05) is 0 Å². The third-order valence-corrected chi connectivity index (χ3v) is 10.4. The van der Waals surface area contributed by atoms with Gasteiger partial charge < -0.3 is 4.57 Å². The summed E-state index contributed by atoms with van der Waals surface area (Å²) in [5.41, 5.74) is 12.8. The molecule has 0 N–H and O–H groups in total. The lowest BCUT2D eigenvalue weighted by atomic mass is 9.96. The number of hydrogen-bond acceptors (Lipinski definition) is 4. The van der Waals surface area contributed by atoms with Crippen LogP contribution < -0.4 is 0 Å². The molecule has 2 heterocycles. The van der Waals surface area contributed by atoms with Gasteiger partial charge in [0.15, 0.2) is 17.5 Å². The van der Waals surface area contributed by atoms with Gasteiger partial charge in [0.1, 0.15) is 0 Å². The highest BCUT2D eigenvalue weighted by Crippen LogP contribution is 2.36. The van der Waals surface area contributed by atoms with E-state index in [2.05, 4.69) is 150 Å². The molecule has 5 nitrogen and oxygen atoms in total. The van der Waals surface area contributed by atoms with Gasteiger partial charge in [0.05, 0.1) is 22.7 Å². The molecule has 10 rings (SSSR count). The van der Waals surface area contributed by atoms with Gasteiger partial charge in [-0.3, -0.25) is 0 Å². The van der Waals surface area contributed by atoms with E-state index >= 15 is 0 Å². The van der Waals surface area contributed by atoms with Crippen LogP contribution in [0.15, 0.2) is 200 Å². The lowest BCUT2D eigenvalue weighted by Crippen LogP contribution is -2.00. The highest BCUT2D eigenvalue weighted by molar-refractivity contribution is 6.09. The van der Waals surface area contributed by atoms with Crippen molar-refractivity contribution in [1.29, 1.82) is 5.26 Å². The molecule has 0 saturated carbocycles. The average Bonchev–Trinajstić information content (AvgIpc) is 3.64. The first-order valence-electron chi connectivity index (χ1n) is 18.9. The zero-order chi connectivity index (χ0) is 38.1. The zero-order valence-electron chi connectivity index (χ0n) is 30.8. The Morgan fingerprint density at radius 2 is 0.737 bits per heavy atom. The quantitative estimate of drug-likeness (QED) is 0.164. The molecule has 266 valence electrons. The van der Waals surface area contributed by atoms with E-state index in [9.17, 15) is 5.26 Å². The van der Waals surface area contributed by atoms with E-state index in [1.54, 1.807) is 0 Å². The maximum absolute atomic E-state index is 10.2. The van der Waals surface area contributed by atoms with Crippen LogP contribution >= 0.6 is 0 Å². The summed E-state index contributed by atoms with van der Waals surface area (Å²) in [6.45, 7) is 0. The van der Waals surface area contributed by atoms with Gasteiger partial charge in [0.2, 0.25) is 0 Å². The summed E-state index contributed by atoms with van der Waals surface area (Å²) in [6.07, 6.45) is 0. The maximum atomic E-state index is 10.2. The highest BCUT2D eigenvalue weighted by atomic mass is 15.0. The summed E-state index contributed by atoms with van der Waals surface area (Å²) < 4.78 is 2.26. The molecule has 57 heavy (non-hydrogen) atoms. The molecule has 0 amide bonds. The number of para-hydroxylation sites is 2. The topological polar surface area (TPSA) is 67.4 Å². The van der Waals surface area contributed by atoms with Crippen LogP contribution in [0, 0.1) is 11.3 Å². The molecule has 0 unspecified atom stereocenters. The number of rotatable bonds is 7. The van der Waals surface area contributed by atoms with Gasteiger partial charge in [-0.1, -0.05) is 152 Å². The van der Waals surface area contributed by atoms with Gasteiger partial charge in [-0.15, -0.1) is 0 Å². The molecule has 2 aromatic heterocycles. The summed E-state index contributed by atoms with van der Waals surface area (Å²) in [7, 11) is 0. The van der Waals surface area contributed by atoms with Crippen LogP contribution in [0.25, 0.3) is 95.0 Å². The van der Waals surface area contributed by atoms with Gasteiger partial charge in [-0.25, -0.2) is 15.0 Å². The molecule has 5 heteroatoms. The normalized spacial score (nSPS) is 11.1. The third kappa shape index (κ3) is 6.42. The van der Waals surface area contributed by atoms with Crippen LogP contribution in [0.1, 0.15) is 5.56 Å². The summed E-state index contributed by atoms with van der Waals surface area (Å²) in [4.78, 5) is 15.1. The minimum absolute atomic E-state index is 0.597. The Labute approximate surface area is 330 Å². The van der Waals surface area contributed by atoms with Crippen LogP contribution in [0.5, 0.6) is 0 Å². The molecular formula is C52H33N5. The van der Waals surface area contributed by atoms with E-state index < -0.39 is 0 Å². The van der Waals surface area contributed by atoms with Crippen molar-refractivity contribution in [3.05, 3.63) is 206 Å². The van der Waals surface area contributed by atoms with E-state index in [4.69, 9.17) is 15.0 Å². The minimum Gasteiger partial charge on any atom is -0.309 e. The predicted molar refractivity (Wildman–Crippen MR) is 231 cm³/mol. The van der Waals surface area contributed by atoms with E-state index in [0.717, 1.165) is 66.8 Å². The van der Waals surface area contributed by atoms with Crippen LogP contribution in [-0.4, -0.2) is 19.5 Å². The smallest absolute Gasteiger partial charge is 0.164 e. The summed E-state index contributed by atoms with van der Waals surface area (Å²) in [5, 5.41) is 12.6. The van der Waals surface area contributed by atoms with Crippen LogP contribution in [0.3, 0.4) is 0 Å². The molecule has 0 radical (unpaired) electrons. The van der Waals surface area contributed by atoms with Gasteiger partial charge in [-0.05, 0) is 81.9 Å². The number of benzene rings is 8. The second-order valence-corrected chi connectivity index (χ2v) is 14.0. The van der Waals surface area contributed by atoms with Gasteiger partial charge >= 0.3 is 0 Å². The van der Waals surface area contributed by atoms with Crippen molar-refractivity contribution in [3.8, 4) is 79.3 Å². The van der Waals surface area contributed by atoms with Gasteiger partial charge in [-0.2, -0.15) is 5.26 Å². The Bertz CT molecular complexity index is 3090. The number of fused-ring (bicyclic) bond motifs is 3. The number of aromatic nitrogens is 4. The molecule has 0 atom stereocenters. The highest BCUT2D eigenvalue weighted by Gasteiger charge is 2.16. The molecule has 0 aliphatic heterocycles. The maximum Gasteiger partial charge on any atom is 0.164 e. The second-order valence-electron chi connectivity index (χ2n) is 14.0. The molecule has 0 saturated heterocycles. The van der Waals surface area contributed by atoms with Crippen molar-refractivity contribution >= 4 is 21.8 Å². The largest absolute Gasteiger partial charge is 0.309 e. The Morgan fingerprint density at radius 3 is 1.28 bits per heavy atom. The van der Waals surface area contributed by atoms with Crippen molar-refractivity contribution in [2.45, 2.75) is 0 Å². The Balaban J connectivity index is 1.05. The van der Waals surface area contributed by atoms with Crippen molar-refractivity contribution in [1.82, 2.24) is 19.5 Å². The van der Waals surface area contributed by atoms with Crippen LogP contribution in [0.2, 0.25) is 0 Å². The fraction of sp³-hybridized carbons (Fsp3) is 0. The molecule has 0 aliphatic rings. The predicted octanol–water partition coefficient (Wildman–Crippen LogP) is 12.8. The SMILES string of the molecule is N#Cc1cc(-c2cccc(-c3cccc(-c4nc(-c5ccccc5)nc(-c5cccc(-c6ccccc6)c5)n4)c3)c2)cc(-n2c3ccccc3c3ccccc32)c1. The van der Waals surface area contributed by atoms with E-state index in [-0.39, 0.29) is 0 Å². The second kappa shape index (κ2) is 14.4. The third-order valence-electron chi connectivity index (χ3n) is 10.4. The van der Waals surface area contributed by atoms with E-state index in [1.165, 1.54) is 10.8 Å². The Kier molecular flexibility index (Phi) is 8.48. The summed E-state index contributed by atoms with van der Waals surface area (Å²) in [6, 6.07) is 71.0. The zero-order valence-corrected chi connectivity index (χ0v) is 30.8. The molecule has 10 aromatic rings. The molecule has 0 spiro atoms. The number of nitrogens with zero attached hydrogens (tertiary/aromatic N) is 5. The Hall–Kier alpha value is -7.94. The lowest BCUT2D eigenvalue weighted by Gasteiger charge is -2.13. The van der Waals surface area contributed by atoms with Crippen molar-refractivity contribution in [3.63, 3.8) is 0 Å². The van der Waals surface area contributed by atoms with Gasteiger partial charge in [0, 0.05) is 33.2 Å². The number of nitriles is 1. The summed E-state index contributed by atoms with van der Waals surface area (Å²) >= 11 is 0. The molecule has 0 aliphatic carbocycles. The number of hydrogen-bond donors (Lipinski definition) is 0. The monoisotopic (exact) mass is 727 g/mol. The molecule has 0 fully saturated rings. The molecular weight excluding hydrogens is 695 g/mol. The lowest BCUT2D eigenvalue weighted by molar-refractivity contribution is 1.07. The van der Waals surface area contributed by atoms with Crippen LogP contribution in [-0.2, 0) is 0 Å². The standard InChI is InChI=1S/C52H33N5/c53-34-35-28-44(33-45(29-35)57-48-26-9-7-24-46(48)47-25-8-10-27-49(47)57)41-21-11-19-39(30-41)40-20-13-23-43(32-40)52-55-50(37-16-5-2-6-17-37)54-51(56-52)42-22-12-18-38(31-42)36-14-3-1-4-15-36/h1-33H. The minimum atomic E-state index is 0.597. The van der Waals surface area contributed by atoms with Gasteiger partial charge in [0.25, 0.3) is 0 Å². The average molecular weight is 728 g/mol. The molecule has 0 bridgehead atoms. The van der Waals surface area contributed by atoms with E-state index in [0.29, 0.717) is 23.0 Å². The summed E-state index contributed by atoms with van der Waals surface area (Å²) in [5.74, 6) is 1.82. The van der Waals surface area contributed by atoms with E-state index in [1.807, 2.05) is 60.7 Å². The first kappa shape index (κ1) is 33.6. The first-order valence-corrected chi connectivity index (χ1v) is 18.9. The van der Waals surface area contributed by atoms with Crippen molar-refractivity contribution in [2.24, 2.45) is 0 Å². The fourth-order valence-electron chi connectivity index (χ4n) is 7.71.